The van der Waals surface area contributed by atoms with E-state index in [-0.39, 0.29) is 23.9 Å². The summed E-state index contributed by atoms with van der Waals surface area (Å²) < 4.78 is 5.78. The summed E-state index contributed by atoms with van der Waals surface area (Å²) in [7, 11) is 0. The summed E-state index contributed by atoms with van der Waals surface area (Å²) in [6.07, 6.45) is 0.702. The summed E-state index contributed by atoms with van der Waals surface area (Å²) in [6.45, 7) is 5.98. The molecule has 1 N–H and O–H groups in total. The van der Waals surface area contributed by atoms with Gasteiger partial charge in [0.15, 0.2) is 16.7 Å². The average molecular weight is 440 g/mol. The average Bonchev–Trinajstić information content (AvgIpc) is 3.13. The number of hydrogen-bond donors (Lipinski definition) is 1. The van der Waals surface area contributed by atoms with E-state index < -0.39 is 6.09 Å². The molecule has 0 saturated carbocycles. The van der Waals surface area contributed by atoms with Crippen molar-refractivity contribution in [1.29, 1.82) is 0 Å². The molecule has 0 atom stereocenters. The molecule has 2 heterocycles. The Kier molecular flexibility index (Phi) is 7.46. The summed E-state index contributed by atoms with van der Waals surface area (Å²) in [5.74, 6) is 0.0871. The number of nitrogens with zero attached hydrogens (tertiary/aromatic N) is 2. The van der Waals surface area contributed by atoms with Crippen molar-refractivity contribution >= 4 is 44.3 Å². The molecule has 0 radical (unpaired) electrons. The quantitative estimate of drug-likeness (QED) is 0.454. The van der Waals surface area contributed by atoms with Gasteiger partial charge in [-0.1, -0.05) is 37.3 Å². The largest absolute Gasteiger partial charge is 0.450 e. The van der Waals surface area contributed by atoms with Gasteiger partial charge in [0.1, 0.15) is 11.4 Å². The molecule has 0 aliphatic rings. The zero-order valence-electron chi connectivity index (χ0n) is 17.8. The molecule has 0 aliphatic heterocycles. The number of aromatic nitrogens is 2. The predicted molar refractivity (Wildman–Crippen MR) is 121 cm³/mol. The first-order valence-electron chi connectivity index (χ1n) is 10.2. The second-order valence-corrected chi connectivity index (χ2v) is 8.55. The highest BCUT2D eigenvalue weighted by Gasteiger charge is 2.14. The van der Waals surface area contributed by atoms with Gasteiger partial charge in [-0.25, -0.2) is 14.8 Å². The van der Waals surface area contributed by atoms with E-state index in [2.05, 4.69) is 15.3 Å². The van der Waals surface area contributed by atoms with Crippen molar-refractivity contribution in [1.82, 2.24) is 9.97 Å². The van der Waals surface area contributed by atoms with Gasteiger partial charge in [0, 0.05) is 12.8 Å². The number of ether oxygens (including phenoxy) is 1. The fraction of sp³-hybridized carbons (Fsp3) is 0.348. The van der Waals surface area contributed by atoms with Crippen molar-refractivity contribution in [2.24, 2.45) is 5.92 Å². The van der Waals surface area contributed by atoms with Gasteiger partial charge in [-0.15, -0.1) is 0 Å². The maximum absolute atomic E-state index is 12.6. The summed E-state index contributed by atoms with van der Waals surface area (Å²) in [5, 5.41) is 3.07. The van der Waals surface area contributed by atoms with Crippen molar-refractivity contribution in [3.05, 3.63) is 53.3 Å². The highest BCUT2D eigenvalue weighted by atomic mass is 32.1. The first-order chi connectivity index (χ1) is 14.9. The third-order valence-electron chi connectivity index (χ3n) is 4.49. The van der Waals surface area contributed by atoms with Crippen molar-refractivity contribution in [2.45, 2.75) is 40.0 Å². The van der Waals surface area contributed by atoms with Crippen molar-refractivity contribution in [2.75, 3.05) is 11.9 Å². The molecular weight excluding hydrogens is 414 g/mol. The summed E-state index contributed by atoms with van der Waals surface area (Å²) >= 11 is 1.35. The summed E-state index contributed by atoms with van der Waals surface area (Å²) in [5.41, 5.74) is 2.41. The molecule has 31 heavy (non-hydrogen) atoms. The monoisotopic (exact) mass is 439 g/mol. The number of rotatable bonds is 9. The van der Waals surface area contributed by atoms with Crippen molar-refractivity contribution in [3.8, 4) is 0 Å². The highest BCUT2D eigenvalue weighted by Crippen LogP contribution is 2.27. The second kappa shape index (κ2) is 10.3. The van der Waals surface area contributed by atoms with E-state index in [1.165, 1.54) is 11.3 Å². The van der Waals surface area contributed by atoms with Gasteiger partial charge in [0.05, 0.1) is 16.8 Å². The summed E-state index contributed by atoms with van der Waals surface area (Å²) in [6, 6.07) is 10.8. The normalized spacial score (nSPS) is 11.0. The Bertz CT molecular complexity index is 1110. The third-order valence-corrected chi connectivity index (χ3v) is 5.43. The molecule has 1 aromatic carbocycles. The molecular formula is C23H25N3O4S. The van der Waals surface area contributed by atoms with Gasteiger partial charge < -0.3 is 4.74 Å². The van der Waals surface area contributed by atoms with E-state index in [9.17, 15) is 14.4 Å². The van der Waals surface area contributed by atoms with Crippen molar-refractivity contribution in [3.63, 3.8) is 0 Å². The van der Waals surface area contributed by atoms with Crippen molar-refractivity contribution < 1.29 is 19.1 Å². The molecule has 8 heteroatoms. The number of ketones is 2. The molecule has 1 amide bonds. The number of carbonyl (C=O) groups is 3. The second-order valence-electron chi connectivity index (χ2n) is 7.52. The SMILES string of the molecule is CCOC(=O)Nc1nc2ccc(CCC(=O)c3cccc(C(=O)CC(C)C)n3)cc2s1. The number of carbonyl (C=O) groups excluding carboxylic acids is 3. The fourth-order valence-corrected chi connectivity index (χ4v) is 3.95. The third kappa shape index (κ3) is 6.18. The number of aryl methyl sites for hydroxylation is 1. The van der Waals surface area contributed by atoms with Gasteiger partial charge in [-0.2, -0.15) is 0 Å². The Morgan fingerprint density at radius 2 is 1.81 bits per heavy atom. The Hall–Kier alpha value is -3.13. The molecule has 3 aromatic rings. The predicted octanol–water partition coefficient (Wildman–Crippen LogP) is 5.30. The fourth-order valence-electron chi connectivity index (χ4n) is 3.04. The zero-order valence-corrected chi connectivity index (χ0v) is 18.6. The molecule has 0 fully saturated rings. The van der Waals surface area contributed by atoms with Crippen LogP contribution in [-0.4, -0.2) is 34.2 Å². The van der Waals surface area contributed by atoms with Gasteiger partial charge in [0.2, 0.25) is 0 Å². The molecule has 0 spiro atoms. The molecule has 0 bridgehead atoms. The molecule has 7 nitrogen and oxygen atoms in total. The Morgan fingerprint density at radius 1 is 1.06 bits per heavy atom. The Balaban J connectivity index is 1.64. The first kappa shape index (κ1) is 22.6. The van der Waals surface area contributed by atoms with E-state index in [1.54, 1.807) is 25.1 Å². The van der Waals surface area contributed by atoms with Gasteiger partial charge >= 0.3 is 6.09 Å². The lowest BCUT2D eigenvalue weighted by Gasteiger charge is -2.06. The number of pyridine rings is 1. The number of fused-ring (bicyclic) bond motifs is 1. The van der Waals surface area contributed by atoms with E-state index in [4.69, 9.17) is 4.74 Å². The highest BCUT2D eigenvalue weighted by molar-refractivity contribution is 7.22. The number of nitrogens with one attached hydrogen (secondary N) is 1. The number of Topliss-reactive ketones (excluding diaryl/α,β-unsaturated/α-hetero) is 2. The van der Waals surface area contributed by atoms with Crippen LogP contribution in [0.25, 0.3) is 10.2 Å². The standard InChI is InChI=1S/C23H25N3O4S/c1-4-30-23(29)26-22-25-18-10-8-15(13-21(18)31-22)9-11-19(27)16-6-5-7-17(24-16)20(28)12-14(2)3/h5-8,10,13-14H,4,9,11-12H2,1-3H3,(H,25,26,29). The number of anilines is 1. The minimum Gasteiger partial charge on any atom is -0.450 e. The molecule has 2 aromatic heterocycles. The minimum atomic E-state index is -0.533. The maximum Gasteiger partial charge on any atom is 0.413 e. The van der Waals surface area contributed by atoms with Crippen LogP contribution in [0, 0.1) is 5.92 Å². The van der Waals surface area contributed by atoms with Crippen LogP contribution in [0.5, 0.6) is 0 Å². The maximum atomic E-state index is 12.6. The Labute approximate surface area is 184 Å². The lowest BCUT2D eigenvalue weighted by atomic mass is 10.0. The first-order valence-corrected chi connectivity index (χ1v) is 11.0. The molecule has 162 valence electrons. The van der Waals surface area contributed by atoms with Gasteiger partial charge in [0.25, 0.3) is 0 Å². The van der Waals surface area contributed by atoms with E-state index in [0.717, 1.165) is 15.8 Å². The number of thiazole rings is 1. The lowest BCUT2D eigenvalue weighted by Crippen LogP contribution is -2.12. The summed E-state index contributed by atoms with van der Waals surface area (Å²) in [4.78, 5) is 45.0. The molecule has 0 unspecified atom stereocenters. The zero-order chi connectivity index (χ0) is 22.4. The van der Waals surface area contributed by atoms with Crippen LogP contribution >= 0.6 is 11.3 Å². The molecule has 3 rings (SSSR count). The Morgan fingerprint density at radius 3 is 2.52 bits per heavy atom. The van der Waals surface area contributed by atoms with Gasteiger partial charge in [-0.05, 0) is 49.1 Å². The van der Waals surface area contributed by atoms with Gasteiger partial charge in [-0.3, -0.25) is 14.9 Å². The lowest BCUT2D eigenvalue weighted by molar-refractivity contribution is 0.0962. The molecule has 0 saturated heterocycles. The van der Waals surface area contributed by atoms with E-state index >= 15 is 0 Å². The van der Waals surface area contributed by atoms with Crippen LogP contribution in [-0.2, 0) is 11.2 Å². The topological polar surface area (TPSA) is 98.2 Å². The number of amides is 1. The minimum absolute atomic E-state index is 0.0486. The smallest absolute Gasteiger partial charge is 0.413 e. The van der Waals surface area contributed by atoms with Crippen LogP contribution < -0.4 is 5.32 Å². The van der Waals surface area contributed by atoms with Crippen LogP contribution in [0.4, 0.5) is 9.93 Å². The van der Waals surface area contributed by atoms with Crippen LogP contribution in [0.2, 0.25) is 0 Å². The number of benzene rings is 1. The molecule has 0 aliphatic carbocycles. The number of hydrogen-bond acceptors (Lipinski definition) is 7. The van der Waals surface area contributed by atoms with E-state index in [0.29, 0.717) is 36.0 Å². The van der Waals surface area contributed by atoms with Crippen LogP contribution in [0.3, 0.4) is 0 Å². The van der Waals surface area contributed by atoms with E-state index in [1.807, 2.05) is 32.0 Å². The van der Waals surface area contributed by atoms with Crippen LogP contribution in [0.1, 0.15) is 60.2 Å². The van der Waals surface area contributed by atoms with Crippen LogP contribution in [0.15, 0.2) is 36.4 Å².